The Bertz CT molecular complexity index is 875. The van der Waals surface area contributed by atoms with E-state index in [2.05, 4.69) is 15.2 Å². The summed E-state index contributed by atoms with van der Waals surface area (Å²) in [6, 6.07) is 9.65. The van der Waals surface area contributed by atoms with Crippen molar-refractivity contribution in [2.24, 2.45) is 0 Å². The number of pyridine rings is 1. The Morgan fingerprint density at radius 2 is 1.96 bits per heavy atom. The van der Waals surface area contributed by atoms with Gasteiger partial charge < -0.3 is 9.40 Å². The van der Waals surface area contributed by atoms with Crippen LogP contribution in [0.2, 0.25) is 0 Å². The van der Waals surface area contributed by atoms with Crippen molar-refractivity contribution < 1.29 is 4.42 Å². The molecule has 23 heavy (non-hydrogen) atoms. The van der Waals surface area contributed by atoms with E-state index in [-0.39, 0.29) is 5.56 Å². The highest BCUT2D eigenvalue weighted by Crippen LogP contribution is 2.31. The van der Waals surface area contributed by atoms with Crippen molar-refractivity contribution in [3.63, 3.8) is 0 Å². The fourth-order valence-electron chi connectivity index (χ4n) is 3.34. The number of rotatable bonds is 3. The Morgan fingerprint density at radius 3 is 2.83 bits per heavy atom. The monoisotopic (exact) mass is 309 g/mol. The molecule has 1 aliphatic rings. The SMILES string of the molecule is O=c1[nH]c2ccccc2cc1Cc1nnc(C2CCCCC2)o1. The Morgan fingerprint density at radius 1 is 1.13 bits per heavy atom. The summed E-state index contributed by atoms with van der Waals surface area (Å²) in [5.74, 6) is 1.64. The molecule has 0 unspecified atom stereocenters. The highest BCUT2D eigenvalue weighted by molar-refractivity contribution is 5.78. The van der Waals surface area contributed by atoms with Gasteiger partial charge in [0.05, 0.1) is 6.42 Å². The molecule has 4 rings (SSSR count). The zero-order valence-corrected chi connectivity index (χ0v) is 12.9. The number of fused-ring (bicyclic) bond motifs is 1. The average molecular weight is 309 g/mol. The number of hydrogen-bond acceptors (Lipinski definition) is 4. The zero-order valence-electron chi connectivity index (χ0n) is 12.9. The predicted octanol–water partition coefficient (Wildman–Crippen LogP) is 3.55. The average Bonchev–Trinajstić information content (AvgIpc) is 3.05. The van der Waals surface area contributed by atoms with E-state index in [9.17, 15) is 4.79 Å². The van der Waals surface area contributed by atoms with Crippen LogP contribution in [0.15, 0.2) is 39.5 Å². The van der Waals surface area contributed by atoms with E-state index in [1.54, 1.807) is 0 Å². The third-order valence-corrected chi connectivity index (χ3v) is 4.61. The van der Waals surface area contributed by atoms with Gasteiger partial charge in [-0.25, -0.2) is 0 Å². The van der Waals surface area contributed by atoms with Crippen molar-refractivity contribution >= 4 is 10.9 Å². The molecule has 5 heteroatoms. The molecule has 1 N–H and O–H groups in total. The Labute approximate surface area is 133 Å². The lowest BCUT2D eigenvalue weighted by Crippen LogP contribution is -2.12. The molecule has 118 valence electrons. The summed E-state index contributed by atoms with van der Waals surface area (Å²) in [7, 11) is 0. The van der Waals surface area contributed by atoms with Gasteiger partial charge >= 0.3 is 0 Å². The highest BCUT2D eigenvalue weighted by Gasteiger charge is 2.21. The van der Waals surface area contributed by atoms with Crippen molar-refractivity contribution in [1.29, 1.82) is 0 Å². The second-order valence-corrected chi connectivity index (χ2v) is 6.26. The maximum atomic E-state index is 12.2. The summed E-state index contributed by atoms with van der Waals surface area (Å²) >= 11 is 0. The topological polar surface area (TPSA) is 71.8 Å². The molecule has 0 saturated heterocycles. The van der Waals surface area contributed by atoms with Crippen LogP contribution in [0.1, 0.15) is 55.4 Å². The van der Waals surface area contributed by atoms with Crippen LogP contribution in [-0.2, 0) is 6.42 Å². The predicted molar refractivity (Wildman–Crippen MR) is 87.5 cm³/mol. The molecule has 0 spiro atoms. The van der Waals surface area contributed by atoms with Gasteiger partial charge in [-0.3, -0.25) is 4.79 Å². The van der Waals surface area contributed by atoms with Crippen LogP contribution in [0.5, 0.6) is 0 Å². The summed E-state index contributed by atoms with van der Waals surface area (Å²) in [6.07, 6.45) is 6.37. The molecule has 1 aliphatic carbocycles. The quantitative estimate of drug-likeness (QED) is 0.803. The Kier molecular flexibility index (Phi) is 3.69. The van der Waals surface area contributed by atoms with E-state index in [1.165, 1.54) is 19.3 Å². The first-order valence-electron chi connectivity index (χ1n) is 8.23. The van der Waals surface area contributed by atoms with Crippen molar-refractivity contribution in [3.05, 3.63) is 58.0 Å². The number of nitrogens with zero attached hydrogens (tertiary/aromatic N) is 2. The molecule has 1 saturated carbocycles. The molecule has 0 atom stereocenters. The standard InChI is InChI=1S/C18H19N3O2/c22-17-14(10-13-8-4-5-9-15(13)19-17)11-16-20-21-18(23-16)12-6-2-1-3-7-12/h4-5,8-10,12H,1-3,6-7,11H2,(H,19,22). The Balaban J connectivity index is 1.59. The third kappa shape index (κ3) is 2.91. The van der Waals surface area contributed by atoms with Crippen molar-refractivity contribution in [3.8, 4) is 0 Å². The lowest BCUT2D eigenvalue weighted by Gasteiger charge is -2.17. The maximum absolute atomic E-state index is 12.2. The minimum absolute atomic E-state index is 0.0962. The van der Waals surface area contributed by atoms with Gasteiger partial charge in [0.25, 0.3) is 5.56 Å². The lowest BCUT2D eigenvalue weighted by atomic mass is 9.89. The summed E-state index contributed by atoms with van der Waals surface area (Å²) in [5.41, 5.74) is 1.40. The zero-order chi connectivity index (χ0) is 15.6. The van der Waals surface area contributed by atoms with Gasteiger partial charge in [-0.2, -0.15) is 0 Å². The maximum Gasteiger partial charge on any atom is 0.252 e. The minimum Gasteiger partial charge on any atom is -0.425 e. The van der Waals surface area contributed by atoms with Crippen LogP contribution in [-0.4, -0.2) is 15.2 Å². The first-order valence-corrected chi connectivity index (χ1v) is 8.23. The van der Waals surface area contributed by atoms with Crippen molar-refractivity contribution in [1.82, 2.24) is 15.2 Å². The number of aromatic nitrogens is 3. The number of para-hydroxylation sites is 1. The third-order valence-electron chi connectivity index (χ3n) is 4.61. The highest BCUT2D eigenvalue weighted by atomic mass is 16.4. The molecule has 0 bridgehead atoms. The molecule has 2 heterocycles. The minimum atomic E-state index is -0.0962. The molecule has 0 aliphatic heterocycles. The van der Waals surface area contributed by atoms with Crippen molar-refractivity contribution in [2.75, 3.05) is 0 Å². The first-order chi connectivity index (χ1) is 11.3. The number of benzene rings is 1. The molecule has 0 amide bonds. The van der Waals surface area contributed by atoms with Crippen LogP contribution >= 0.6 is 0 Å². The number of nitrogens with one attached hydrogen (secondary N) is 1. The second kappa shape index (κ2) is 5.99. The second-order valence-electron chi connectivity index (χ2n) is 6.26. The van der Waals surface area contributed by atoms with E-state index in [4.69, 9.17) is 4.42 Å². The van der Waals surface area contributed by atoms with Crippen molar-refractivity contribution in [2.45, 2.75) is 44.4 Å². The van der Waals surface area contributed by atoms with Gasteiger partial charge in [0.2, 0.25) is 11.8 Å². The fourth-order valence-corrected chi connectivity index (χ4v) is 3.34. The molecular weight excluding hydrogens is 290 g/mol. The van der Waals surface area contributed by atoms with E-state index in [0.29, 0.717) is 23.8 Å². The summed E-state index contributed by atoms with van der Waals surface area (Å²) in [4.78, 5) is 15.1. The molecule has 5 nitrogen and oxygen atoms in total. The summed E-state index contributed by atoms with van der Waals surface area (Å²) in [5, 5.41) is 9.35. The van der Waals surface area contributed by atoms with Gasteiger partial charge in [-0.1, -0.05) is 37.5 Å². The van der Waals surface area contributed by atoms with E-state index < -0.39 is 0 Å². The van der Waals surface area contributed by atoms with Gasteiger partial charge in [-0.15, -0.1) is 10.2 Å². The normalized spacial score (nSPS) is 16.0. The Hall–Kier alpha value is -2.43. The molecule has 2 aromatic heterocycles. The summed E-state index contributed by atoms with van der Waals surface area (Å²) < 4.78 is 5.82. The van der Waals surface area contributed by atoms with Crippen LogP contribution < -0.4 is 5.56 Å². The van der Waals surface area contributed by atoms with Crippen LogP contribution in [0.3, 0.4) is 0 Å². The smallest absolute Gasteiger partial charge is 0.252 e. The largest absolute Gasteiger partial charge is 0.425 e. The fraction of sp³-hybridized carbons (Fsp3) is 0.389. The van der Waals surface area contributed by atoms with E-state index >= 15 is 0 Å². The van der Waals surface area contributed by atoms with Gasteiger partial charge in [0.1, 0.15) is 0 Å². The molecule has 0 radical (unpaired) electrons. The van der Waals surface area contributed by atoms with Crippen LogP contribution in [0.25, 0.3) is 10.9 Å². The lowest BCUT2D eigenvalue weighted by molar-refractivity contribution is 0.353. The molecular formula is C18H19N3O2. The number of H-pyrrole nitrogens is 1. The van der Waals surface area contributed by atoms with Crippen LogP contribution in [0, 0.1) is 0 Å². The van der Waals surface area contributed by atoms with Crippen LogP contribution in [0.4, 0.5) is 0 Å². The molecule has 1 fully saturated rings. The number of hydrogen-bond donors (Lipinski definition) is 1. The van der Waals surface area contributed by atoms with Gasteiger partial charge in [0.15, 0.2) is 0 Å². The van der Waals surface area contributed by atoms with E-state index in [1.807, 2.05) is 30.3 Å². The summed E-state index contributed by atoms with van der Waals surface area (Å²) in [6.45, 7) is 0. The number of aromatic amines is 1. The van der Waals surface area contributed by atoms with E-state index in [0.717, 1.165) is 29.6 Å². The first kappa shape index (κ1) is 14.2. The molecule has 1 aromatic carbocycles. The van der Waals surface area contributed by atoms with Gasteiger partial charge in [-0.05, 0) is 30.4 Å². The van der Waals surface area contributed by atoms with Gasteiger partial charge in [0, 0.05) is 17.0 Å². The molecule has 3 aromatic rings.